The van der Waals surface area contributed by atoms with Crippen molar-refractivity contribution in [2.45, 2.75) is 24.5 Å². The molecule has 0 aliphatic carbocycles. The highest BCUT2D eigenvalue weighted by molar-refractivity contribution is 5.28. The Morgan fingerprint density at radius 1 is 1.35 bits per heavy atom. The maximum absolute atomic E-state index is 12.3. The average Bonchev–Trinajstić information content (AvgIpc) is 2.67. The van der Waals surface area contributed by atoms with Crippen molar-refractivity contribution in [2.75, 3.05) is 6.61 Å². The van der Waals surface area contributed by atoms with Crippen molar-refractivity contribution in [3.05, 3.63) is 11.5 Å². The predicted molar refractivity (Wildman–Crippen MR) is 46.1 cm³/mol. The molecule has 6 nitrogen and oxygen atoms in total. The third kappa shape index (κ3) is 1.96. The molecule has 2 rings (SSSR count). The van der Waals surface area contributed by atoms with E-state index in [1.54, 1.807) is 0 Å². The number of fused-ring (bicyclic) bond motifs is 1. The van der Waals surface area contributed by atoms with Crippen molar-refractivity contribution >= 4 is 0 Å². The van der Waals surface area contributed by atoms with Gasteiger partial charge in [-0.25, -0.2) is 0 Å². The molecule has 0 radical (unpaired) electrons. The Kier molecular flexibility index (Phi) is 2.76. The van der Waals surface area contributed by atoms with Gasteiger partial charge in [0.2, 0.25) is 11.7 Å². The molecule has 4 N–H and O–H groups in total. The Bertz CT molecular complexity index is 419. The van der Waals surface area contributed by atoms with Crippen molar-refractivity contribution in [2.24, 2.45) is 0 Å². The van der Waals surface area contributed by atoms with Gasteiger partial charge in [0.1, 0.15) is 17.9 Å². The number of nitrogens with one attached hydrogen (secondary N) is 1. The minimum atomic E-state index is -4.71. The molecular weight excluding hydrogens is 245 g/mol. The number of imidazole rings is 1. The second-order valence-corrected chi connectivity index (χ2v) is 3.58. The van der Waals surface area contributed by atoms with Gasteiger partial charge in [-0.1, -0.05) is 0 Å². The second-order valence-electron chi connectivity index (χ2n) is 3.58. The van der Waals surface area contributed by atoms with Crippen LogP contribution >= 0.6 is 0 Å². The third-order valence-electron chi connectivity index (χ3n) is 2.41. The van der Waals surface area contributed by atoms with Gasteiger partial charge in [0.25, 0.3) is 0 Å². The Balaban J connectivity index is 2.39. The maximum atomic E-state index is 12.3. The van der Waals surface area contributed by atoms with E-state index in [1.165, 1.54) is 0 Å². The van der Waals surface area contributed by atoms with Gasteiger partial charge in [-0.3, -0.25) is 0 Å². The van der Waals surface area contributed by atoms with E-state index in [0.717, 1.165) is 0 Å². The fourth-order valence-electron chi connectivity index (χ4n) is 1.53. The molecular formula is C8H9F3N2O4. The summed E-state index contributed by atoms with van der Waals surface area (Å²) in [6, 6.07) is 0. The fourth-order valence-corrected chi connectivity index (χ4v) is 1.53. The lowest BCUT2D eigenvalue weighted by Gasteiger charge is -2.29. The topological polar surface area (TPSA) is 98.6 Å². The summed E-state index contributed by atoms with van der Waals surface area (Å²) in [6.45, 7) is -0.647. The number of halogens is 3. The molecule has 0 bridgehead atoms. The highest BCUT2D eigenvalue weighted by atomic mass is 19.4. The summed E-state index contributed by atoms with van der Waals surface area (Å²) in [7, 11) is 0. The van der Waals surface area contributed by atoms with Gasteiger partial charge in [-0.15, -0.1) is 0 Å². The van der Waals surface area contributed by atoms with Gasteiger partial charge in [0, 0.05) is 0 Å². The molecule has 1 aliphatic rings. The number of alkyl halides is 3. The predicted octanol–water partition coefficient (Wildman–Crippen LogP) is -0.424. The summed E-state index contributed by atoms with van der Waals surface area (Å²) in [5.41, 5.74) is -0.352. The van der Waals surface area contributed by atoms with E-state index in [0.29, 0.717) is 0 Å². The number of aliphatic hydroxyl groups excluding tert-OH is 3. The minimum Gasteiger partial charge on any atom is -0.468 e. The van der Waals surface area contributed by atoms with Crippen molar-refractivity contribution in [3.63, 3.8) is 0 Å². The van der Waals surface area contributed by atoms with E-state index < -0.39 is 42.8 Å². The first kappa shape index (κ1) is 12.1. The Morgan fingerprint density at radius 2 is 2.00 bits per heavy atom. The number of aliphatic hydroxyl groups is 3. The summed E-state index contributed by atoms with van der Waals surface area (Å²) in [5.74, 6) is -1.79. The summed E-state index contributed by atoms with van der Waals surface area (Å²) in [5, 5.41) is 27.8. The van der Waals surface area contributed by atoms with Crippen LogP contribution in [0.15, 0.2) is 0 Å². The smallest absolute Gasteiger partial charge is 0.449 e. The van der Waals surface area contributed by atoms with E-state index in [1.807, 2.05) is 4.98 Å². The highest BCUT2D eigenvalue weighted by Crippen LogP contribution is 2.37. The Labute approximate surface area is 92.7 Å². The normalized spacial score (nSPS) is 28.7. The first-order valence-electron chi connectivity index (χ1n) is 4.65. The largest absolute Gasteiger partial charge is 0.468 e. The summed E-state index contributed by atoms with van der Waals surface area (Å²) >= 11 is 0. The zero-order valence-electron chi connectivity index (χ0n) is 8.27. The average molecular weight is 254 g/mol. The van der Waals surface area contributed by atoms with Crippen LogP contribution in [-0.2, 0) is 6.18 Å². The van der Waals surface area contributed by atoms with Crippen LogP contribution in [0, 0.1) is 0 Å². The van der Waals surface area contributed by atoms with Gasteiger partial charge in [-0.05, 0) is 0 Å². The zero-order valence-corrected chi connectivity index (χ0v) is 8.27. The van der Waals surface area contributed by atoms with Crippen molar-refractivity contribution < 1.29 is 33.2 Å². The number of ether oxygens (including phenoxy) is 1. The second kappa shape index (κ2) is 3.86. The van der Waals surface area contributed by atoms with Gasteiger partial charge >= 0.3 is 6.18 Å². The van der Waals surface area contributed by atoms with Crippen LogP contribution < -0.4 is 4.74 Å². The van der Waals surface area contributed by atoms with E-state index in [4.69, 9.17) is 9.84 Å². The number of nitrogens with zero attached hydrogens (tertiary/aromatic N) is 1. The first-order chi connectivity index (χ1) is 7.84. The first-order valence-corrected chi connectivity index (χ1v) is 4.65. The van der Waals surface area contributed by atoms with Crippen LogP contribution in [0.5, 0.6) is 5.88 Å². The number of rotatable bonds is 1. The van der Waals surface area contributed by atoms with E-state index in [-0.39, 0.29) is 5.69 Å². The van der Waals surface area contributed by atoms with Crippen LogP contribution in [0.4, 0.5) is 13.2 Å². The van der Waals surface area contributed by atoms with Gasteiger partial charge < -0.3 is 25.0 Å². The molecule has 1 aliphatic heterocycles. The van der Waals surface area contributed by atoms with Crippen LogP contribution in [-0.4, -0.2) is 44.1 Å². The molecule has 1 aromatic rings. The summed E-state index contributed by atoms with van der Waals surface area (Å²) in [6.07, 6.45) is -9.05. The zero-order chi connectivity index (χ0) is 12.8. The van der Waals surface area contributed by atoms with Crippen LogP contribution in [0.1, 0.15) is 17.6 Å². The monoisotopic (exact) mass is 254 g/mol. The lowest BCUT2D eigenvalue weighted by Crippen LogP contribution is -2.43. The highest BCUT2D eigenvalue weighted by Gasteiger charge is 2.42. The molecule has 3 atom stereocenters. The lowest BCUT2D eigenvalue weighted by molar-refractivity contribution is -0.144. The summed E-state index contributed by atoms with van der Waals surface area (Å²) in [4.78, 5) is 4.97. The van der Waals surface area contributed by atoms with Crippen LogP contribution in [0.2, 0.25) is 0 Å². The van der Waals surface area contributed by atoms with Crippen LogP contribution in [0.3, 0.4) is 0 Å². The van der Waals surface area contributed by atoms with Crippen molar-refractivity contribution in [3.8, 4) is 5.88 Å². The fraction of sp³-hybridized carbons (Fsp3) is 0.625. The molecule has 0 fully saturated rings. The molecule has 0 unspecified atom stereocenters. The minimum absolute atomic E-state index is 0.352. The molecule has 2 heterocycles. The molecule has 96 valence electrons. The summed E-state index contributed by atoms with van der Waals surface area (Å²) < 4.78 is 41.8. The molecule has 0 aromatic carbocycles. The third-order valence-corrected chi connectivity index (χ3v) is 2.41. The van der Waals surface area contributed by atoms with E-state index >= 15 is 0 Å². The SMILES string of the molecule is OC[C@H]1Oc2nc(C(F)(F)F)[nH]c2[C@@H](O)[C@H]1O. The molecule has 0 spiro atoms. The van der Waals surface area contributed by atoms with Gasteiger partial charge in [-0.2, -0.15) is 18.2 Å². The molecule has 9 heteroatoms. The van der Waals surface area contributed by atoms with Crippen molar-refractivity contribution in [1.29, 1.82) is 0 Å². The van der Waals surface area contributed by atoms with Gasteiger partial charge in [0.05, 0.1) is 6.61 Å². The van der Waals surface area contributed by atoms with Crippen LogP contribution in [0.25, 0.3) is 0 Å². The molecule has 17 heavy (non-hydrogen) atoms. The standard InChI is InChI=1S/C8H9F3N2O4/c9-8(10,11)7-12-3-5(16)4(15)2(1-14)17-6(3)13-7/h2,4-5,14-16H,1H2,(H,12,13)/t2-,4+,5-/m1/s1. The number of H-pyrrole nitrogens is 1. The number of aromatic amines is 1. The van der Waals surface area contributed by atoms with Gasteiger partial charge in [0.15, 0.2) is 6.10 Å². The number of hydrogen-bond donors (Lipinski definition) is 4. The lowest BCUT2D eigenvalue weighted by atomic mass is 10.0. The van der Waals surface area contributed by atoms with E-state index in [2.05, 4.69) is 4.98 Å². The Hall–Kier alpha value is -1.32. The Morgan fingerprint density at radius 3 is 2.53 bits per heavy atom. The number of aromatic nitrogens is 2. The molecule has 1 aromatic heterocycles. The molecule has 0 amide bonds. The van der Waals surface area contributed by atoms with E-state index in [9.17, 15) is 23.4 Å². The quantitative estimate of drug-likeness (QED) is 0.545. The molecule has 0 saturated heterocycles. The maximum Gasteiger partial charge on any atom is 0.449 e. The number of hydrogen-bond acceptors (Lipinski definition) is 5. The molecule has 0 saturated carbocycles. The van der Waals surface area contributed by atoms with Crippen molar-refractivity contribution in [1.82, 2.24) is 9.97 Å².